The Morgan fingerprint density at radius 3 is 2.41 bits per heavy atom. The first-order valence-electron chi connectivity index (χ1n) is 5.87. The molecule has 2 aromatic carbocycles. The van der Waals surface area contributed by atoms with Gasteiger partial charge in [-0.2, -0.15) is 0 Å². The molecule has 0 aromatic heterocycles. The number of halogens is 1. The highest BCUT2D eigenvalue weighted by atomic mass is 19.1. The Morgan fingerprint density at radius 1 is 1.00 bits per heavy atom. The molecule has 1 aliphatic rings. The summed E-state index contributed by atoms with van der Waals surface area (Å²) >= 11 is 0. The number of benzene rings is 2. The van der Waals surface area contributed by atoms with E-state index in [4.69, 9.17) is 0 Å². The third kappa shape index (κ3) is 1.76. The first-order chi connectivity index (χ1) is 8.17. The standard InChI is InChI=1S/C16H14F/c1-16(14-6-8-15(17)9-7-14)10-12-4-2-3-5-13(12)11-16/h2-10H,11H2,1H3. The Morgan fingerprint density at radius 2 is 1.71 bits per heavy atom. The molecule has 0 saturated carbocycles. The van der Waals surface area contributed by atoms with Crippen molar-refractivity contribution in [3.05, 3.63) is 77.5 Å². The van der Waals surface area contributed by atoms with E-state index in [1.807, 2.05) is 12.1 Å². The minimum Gasteiger partial charge on any atom is -0.207 e. The summed E-state index contributed by atoms with van der Waals surface area (Å²) in [7, 11) is 0. The molecule has 1 atom stereocenters. The van der Waals surface area contributed by atoms with Crippen LogP contribution in [0.2, 0.25) is 0 Å². The Labute approximate surface area is 101 Å². The van der Waals surface area contributed by atoms with E-state index in [1.165, 1.54) is 28.8 Å². The van der Waals surface area contributed by atoms with Gasteiger partial charge in [-0.25, -0.2) is 4.39 Å². The maximum absolute atomic E-state index is 13.0. The van der Waals surface area contributed by atoms with Crippen molar-refractivity contribution in [2.75, 3.05) is 0 Å². The van der Waals surface area contributed by atoms with Gasteiger partial charge in [-0.3, -0.25) is 0 Å². The van der Waals surface area contributed by atoms with Crippen molar-refractivity contribution in [1.82, 2.24) is 0 Å². The zero-order valence-corrected chi connectivity index (χ0v) is 9.78. The number of hydrogen-bond acceptors (Lipinski definition) is 0. The monoisotopic (exact) mass is 225 g/mol. The molecular weight excluding hydrogens is 211 g/mol. The fraction of sp³-hybridized carbons (Fsp3) is 0.188. The molecule has 3 rings (SSSR count). The van der Waals surface area contributed by atoms with E-state index < -0.39 is 0 Å². The normalized spacial score (nSPS) is 16.8. The van der Waals surface area contributed by atoms with Crippen molar-refractivity contribution in [2.45, 2.75) is 18.8 Å². The highest BCUT2D eigenvalue weighted by molar-refractivity contribution is 5.48. The lowest BCUT2D eigenvalue weighted by molar-refractivity contribution is 0.581. The van der Waals surface area contributed by atoms with E-state index in [0.717, 1.165) is 6.42 Å². The van der Waals surface area contributed by atoms with E-state index in [9.17, 15) is 4.39 Å². The molecule has 0 nitrogen and oxygen atoms in total. The van der Waals surface area contributed by atoms with E-state index in [-0.39, 0.29) is 11.2 Å². The van der Waals surface area contributed by atoms with Gasteiger partial charge in [0.15, 0.2) is 0 Å². The first kappa shape index (κ1) is 10.5. The molecule has 0 spiro atoms. The van der Waals surface area contributed by atoms with E-state index in [2.05, 4.69) is 37.6 Å². The van der Waals surface area contributed by atoms with Crippen molar-refractivity contribution < 1.29 is 4.39 Å². The van der Waals surface area contributed by atoms with Crippen molar-refractivity contribution in [1.29, 1.82) is 0 Å². The van der Waals surface area contributed by atoms with Crippen LogP contribution in [0.3, 0.4) is 0 Å². The minimum atomic E-state index is -0.173. The molecule has 0 aliphatic heterocycles. The van der Waals surface area contributed by atoms with Crippen LogP contribution in [-0.4, -0.2) is 0 Å². The molecule has 17 heavy (non-hydrogen) atoms. The second-order valence-electron chi connectivity index (χ2n) is 4.94. The van der Waals surface area contributed by atoms with Crippen molar-refractivity contribution >= 4 is 0 Å². The van der Waals surface area contributed by atoms with Gasteiger partial charge in [-0.05, 0) is 35.2 Å². The molecule has 1 heteroatoms. The lowest BCUT2D eigenvalue weighted by atomic mass is 9.80. The second kappa shape index (κ2) is 3.69. The van der Waals surface area contributed by atoms with Gasteiger partial charge in [0.2, 0.25) is 0 Å². The zero-order chi connectivity index (χ0) is 11.9. The summed E-state index contributed by atoms with van der Waals surface area (Å²) in [4.78, 5) is 0. The highest BCUT2D eigenvalue weighted by Gasteiger charge is 2.34. The van der Waals surface area contributed by atoms with Crippen molar-refractivity contribution in [3.8, 4) is 0 Å². The first-order valence-corrected chi connectivity index (χ1v) is 5.87. The predicted octanol–water partition coefficient (Wildman–Crippen LogP) is 3.89. The van der Waals surface area contributed by atoms with E-state index in [1.54, 1.807) is 0 Å². The van der Waals surface area contributed by atoms with Gasteiger partial charge < -0.3 is 0 Å². The molecule has 1 aliphatic carbocycles. The fourth-order valence-electron chi connectivity index (χ4n) is 2.64. The summed E-state index contributed by atoms with van der Waals surface area (Å²) in [5.41, 5.74) is 3.85. The Balaban J connectivity index is 1.98. The number of hydrogen-bond donors (Lipinski definition) is 0. The summed E-state index contributed by atoms with van der Waals surface area (Å²) in [5, 5.41) is 0. The van der Waals surface area contributed by atoms with Crippen LogP contribution >= 0.6 is 0 Å². The molecule has 0 fully saturated rings. The molecule has 0 N–H and O–H groups in total. The third-order valence-corrected chi connectivity index (χ3v) is 3.59. The maximum atomic E-state index is 13.0. The van der Waals surface area contributed by atoms with Crippen LogP contribution in [0.4, 0.5) is 4.39 Å². The Kier molecular flexibility index (Phi) is 2.29. The average molecular weight is 225 g/mol. The summed E-state index contributed by atoms with van der Waals surface area (Å²) in [6.45, 7) is 2.21. The van der Waals surface area contributed by atoms with Crippen LogP contribution < -0.4 is 0 Å². The largest absolute Gasteiger partial charge is 0.207 e. The molecule has 0 saturated heterocycles. The van der Waals surface area contributed by atoms with Crippen LogP contribution in [0.5, 0.6) is 0 Å². The number of rotatable bonds is 1. The van der Waals surface area contributed by atoms with Crippen molar-refractivity contribution in [3.63, 3.8) is 0 Å². The van der Waals surface area contributed by atoms with Crippen molar-refractivity contribution in [2.24, 2.45) is 0 Å². The molecule has 85 valence electrons. The second-order valence-corrected chi connectivity index (χ2v) is 4.94. The van der Waals surface area contributed by atoms with Crippen LogP contribution in [0, 0.1) is 12.2 Å². The summed E-state index contributed by atoms with van der Waals surface area (Å²) in [6, 6.07) is 15.3. The molecule has 0 bridgehead atoms. The molecule has 2 aromatic rings. The van der Waals surface area contributed by atoms with Gasteiger partial charge in [0, 0.05) is 11.8 Å². The van der Waals surface area contributed by atoms with Gasteiger partial charge >= 0.3 is 0 Å². The third-order valence-electron chi connectivity index (χ3n) is 3.59. The van der Waals surface area contributed by atoms with E-state index >= 15 is 0 Å². The Hall–Kier alpha value is -1.63. The average Bonchev–Trinajstić information content (AvgIpc) is 2.67. The molecule has 0 amide bonds. The van der Waals surface area contributed by atoms with Crippen LogP contribution in [0.1, 0.15) is 23.6 Å². The summed E-state index contributed by atoms with van der Waals surface area (Å²) in [5.74, 6) is -0.173. The molecular formula is C16H14F. The van der Waals surface area contributed by atoms with Gasteiger partial charge in [0.1, 0.15) is 5.82 Å². The lowest BCUT2D eigenvalue weighted by Gasteiger charge is -2.23. The topological polar surface area (TPSA) is 0 Å². The SMILES string of the molecule is CC1(c2ccc(F)cc2)[CH]c2ccccc2C1. The Bertz CT molecular complexity index is 515. The van der Waals surface area contributed by atoms with Crippen LogP contribution in [0.15, 0.2) is 48.5 Å². The molecule has 0 heterocycles. The van der Waals surface area contributed by atoms with Gasteiger partial charge in [0.05, 0.1) is 0 Å². The predicted molar refractivity (Wildman–Crippen MR) is 67.3 cm³/mol. The highest BCUT2D eigenvalue weighted by Crippen LogP contribution is 2.40. The summed E-state index contributed by atoms with van der Waals surface area (Å²) < 4.78 is 13.0. The molecule has 1 unspecified atom stereocenters. The quantitative estimate of drug-likeness (QED) is 0.690. The minimum absolute atomic E-state index is 0.00259. The van der Waals surface area contributed by atoms with Crippen LogP contribution in [-0.2, 0) is 11.8 Å². The van der Waals surface area contributed by atoms with Crippen LogP contribution in [0.25, 0.3) is 0 Å². The van der Waals surface area contributed by atoms with Gasteiger partial charge in [0.25, 0.3) is 0 Å². The van der Waals surface area contributed by atoms with Gasteiger partial charge in [-0.15, -0.1) is 0 Å². The lowest BCUT2D eigenvalue weighted by Crippen LogP contribution is -2.20. The fourth-order valence-corrected chi connectivity index (χ4v) is 2.64. The number of fused-ring (bicyclic) bond motifs is 1. The molecule has 1 radical (unpaired) electrons. The maximum Gasteiger partial charge on any atom is 0.123 e. The zero-order valence-electron chi connectivity index (χ0n) is 9.78. The van der Waals surface area contributed by atoms with E-state index in [0.29, 0.717) is 0 Å². The smallest absolute Gasteiger partial charge is 0.123 e. The van der Waals surface area contributed by atoms with Gasteiger partial charge in [-0.1, -0.05) is 43.3 Å². The summed E-state index contributed by atoms with van der Waals surface area (Å²) in [6.07, 6.45) is 3.28.